The molecule has 0 fully saturated rings. The molecule has 10 heavy (non-hydrogen) atoms. The van der Waals surface area contributed by atoms with E-state index < -0.39 is 5.97 Å². The number of aliphatic carboxylic acids is 1. The minimum Gasteiger partial charge on any atom is -0.545 e. The molecule has 0 aliphatic heterocycles. The third-order valence-electron chi connectivity index (χ3n) is 1.56. The van der Waals surface area contributed by atoms with Crippen LogP contribution in [0.5, 0.6) is 0 Å². The van der Waals surface area contributed by atoms with Gasteiger partial charge >= 0.3 is 0 Å². The molecule has 0 spiro atoms. The van der Waals surface area contributed by atoms with Gasteiger partial charge in [-0.05, 0) is 5.57 Å². The van der Waals surface area contributed by atoms with Gasteiger partial charge in [-0.25, -0.2) is 0 Å². The average molecular weight is 206 g/mol. The van der Waals surface area contributed by atoms with Crippen LogP contribution in [0.1, 0.15) is 6.42 Å². The second kappa shape index (κ2) is 2.72. The molecule has 0 aromatic heterocycles. The third kappa shape index (κ3) is 1.38. The molecular weight excluding hydrogens is 198 g/mol. The van der Waals surface area contributed by atoms with Crippen molar-refractivity contribution in [2.24, 2.45) is 0 Å². The molecule has 3 nitrogen and oxygen atoms in total. The summed E-state index contributed by atoms with van der Waals surface area (Å²) in [5, 5.41) is 10.3. The lowest BCUT2D eigenvalue weighted by molar-refractivity contribution is -0.414. The summed E-state index contributed by atoms with van der Waals surface area (Å²) < 4.78 is 0. The van der Waals surface area contributed by atoms with Crippen LogP contribution in [-0.2, 0) is 4.79 Å². The molecule has 0 amide bonds. The SMILES string of the molecule is [NH3+][C@H]1CC(C(=O)[O-])=C[C@H]1Br. The Balaban J connectivity index is 2.67. The van der Waals surface area contributed by atoms with Gasteiger partial charge in [-0.1, -0.05) is 22.0 Å². The standard InChI is InChI=1S/C6H8BrNO2/c7-4-1-3(6(9)10)2-5(4)8/h1,4-5H,2,8H2,(H,9,10)/t4-,5+/m1/s1. The van der Waals surface area contributed by atoms with Gasteiger partial charge in [-0.3, -0.25) is 0 Å². The van der Waals surface area contributed by atoms with Crippen LogP contribution in [0, 0.1) is 0 Å². The molecule has 3 N–H and O–H groups in total. The van der Waals surface area contributed by atoms with E-state index in [9.17, 15) is 9.90 Å². The van der Waals surface area contributed by atoms with Gasteiger partial charge in [0.1, 0.15) is 6.04 Å². The minimum absolute atomic E-state index is 0.0976. The van der Waals surface area contributed by atoms with Gasteiger partial charge in [0.15, 0.2) is 0 Å². The zero-order valence-corrected chi connectivity index (χ0v) is 6.93. The number of halogens is 1. The van der Waals surface area contributed by atoms with Crippen LogP contribution in [0.25, 0.3) is 0 Å². The number of hydrogen-bond acceptors (Lipinski definition) is 2. The summed E-state index contributed by atoms with van der Waals surface area (Å²) >= 11 is 3.28. The largest absolute Gasteiger partial charge is 0.545 e. The zero-order chi connectivity index (χ0) is 7.72. The molecule has 0 radical (unpaired) electrons. The lowest BCUT2D eigenvalue weighted by Gasteiger charge is -2.02. The van der Waals surface area contributed by atoms with Crippen molar-refractivity contribution < 1.29 is 15.6 Å². The summed E-state index contributed by atoms with van der Waals surface area (Å²) in [6.45, 7) is 0. The Morgan fingerprint density at radius 1 is 1.90 bits per heavy atom. The molecule has 0 aromatic rings. The first-order valence-corrected chi connectivity index (χ1v) is 3.92. The highest BCUT2D eigenvalue weighted by Gasteiger charge is 2.25. The van der Waals surface area contributed by atoms with Crippen LogP contribution in [0.2, 0.25) is 0 Å². The van der Waals surface area contributed by atoms with E-state index in [0.717, 1.165) is 0 Å². The van der Waals surface area contributed by atoms with Gasteiger partial charge in [-0.2, -0.15) is 0 Å². The van der Waals surface area contributed by atoms with Gasteiger partial charge in [0.25, 0.3) is 0 Å². The van der Waals surface area contributed by atoms with Crippen LogP contribution in [-0.4, -0.2) is 16.8 Å². The van der Waals surface area contributed by atoms with Crippen LogP contribution in [0.4, 0.5) is 0 Å². The van der Waals surface area contributed by atoms with Crippen LogP contribution in [0.3, 0.4) is 0 Å². The first-order chi connectivity index (χ1) is 4.61. The summed E-state index contributed by atoms with van der Waals surface area (Å²) in [4.78, 5) is 10.4. The predicted octanol–water partition coefficient (Wildman–Crippen LogP) is -1.56. The quantitative estimate of drug-likeness (QED) is 0.527. The summed E-state index contributed by atoms with van der Waals surface area (Å²) in [6.07, 6.45) is 2.16. The topological polar surface area (TPSA) is 67.8 Å². The molecule has 0 unspecified atom stereocenters. The maximum absolute atomic E-state index is 10.3. The predicted molar refractivity (Wildman–Crippen MR) is 37.1 cm³/mol. The fraction of sp³-hybridized carbons (Fsp3) is 0.500. The second-order valence-corrected chi connectivity index (χ2v) is 3.45. The Hall–Kier alpha value is -0.350. The maximum Gasteiger partial charge on any atom is 0.105 e. The number of carbonyl (C=O) groups excluding carboxylic acids is 1. The minimum atomic E-state index is -1.07. The Morgan fingerprint density at radius 2 is 2.50 bits per heavy atom. The highest BCUT2D eigenvalue weighted by molar-refractivity contribution is 9.09. The van der Waals surface area contributed by atoms with Gasteiger partial charge in [0, 0.05) is 6.42 Å². The van der Waals surface area contributed by atoms with Crippen LogP contribution in [0.15, 0.2) is 11.6 Å². The van der Waals surface area contributed by atoms with Gasteiger partial charge < -0.3 is 15.6 Å². The van der Waals surface area contributed by atoms with Crippen molar-refractivity contribution in [3.63, 3.8) is 0 Å². The van der Waals surface area contributed by atoms with Crippen molar-refractivity contribution in [1.82, 2.24) is 0 Å². The smallest absolute Gasteiger partial charge is 0.105 e. The van der Waals surface area contributed by atoms with E-state index in [1.165, 1.54) is 0 Å². The van der Waals surface area contributed by atoms with E-state index in [4.69, 9.17) is 0 Å². The normalized spacial score (nSPS) is 32.0. The number of carbonyl (C=O) groups is 1. The van der Waals surface area contributed by atoms with E-state index in [1.807, 2.05) is 0 Å². The Bertz CT molecular complexity index is 190. The van der Waals surface area contributed by atoms with E-state index in [1.54, 1.807) is 6.08 Å². The first-order valence-electron chi connectivity index (χ1n) is 3.00. The monoisotopic (exact) mass is 205 g/mol. The van der Waals surface area contributed by atoms with Crippen LogP contribution < -0.4 is 10.8 Å². The average Bonchev–Trinajstić information content (AvgIpc) is 2.13. The molecule has 0 heterocycles. The maximum atomic E-state index is 10.3. The molecule has 1 aliphatic rings. The first kappa shape index (κ1) is 7.75. The van der Waals surface area contributed by atoms with Gasteiger partial charge in [-0.15, -0.1) is 0 Å². The zero-order valence-electron chi connectivity index (χ0n) is 5.34. The van der Waals surface area contributed by atoms with Crippen molar-refractivity contribution in [2.75, 3.05) is 0 Å². The molecule has 0 bridgehead atoms. The summed E-state index contributed by atoms with van der Waals surface area (Å²) in [5.74, 6) is -1.07. The second-order valence-electron chi connectivity index (χ2n) is 2.39. The molecule has 1 rings (SSSR count). The molecule has 0 saturated heterocycles. The Morgan fingerprint density at radius 3 is 2.70 bits per heavy atom. The van der Waals surface area contributed by atoms with E-state index in [-0.39, 0.29) is 10.9 Å². The fourth-order valence-electron chi connectivity index (χ4n) is 0.943. The summed E-state index contributed by atoms with van der Waals surface area (Å²) in [6, 6.07) is 0.132. The highest BCUT2D eigenvalue weighted by Crippen LogP contribution is 2.21. The molecule has 56 valence electrons. The van der Waals surface area contributed by atoms with Crippen molar-refractivity contribution in [3.05, 3.63) is 11.6 Å². The number of hydrogen-bond donors (Lipinski definition) is 1. The number of quaternary nitrogens is 1. The lowest BCUT2D eigenvalue weighted by atomic mass is 10.2. The number of rotatable bonds is 1. The number of alkyl halides is 1. The van der Waals surface area contributed by atoms with Crippen LogP contribution >= 0.6 is 15.9 Å². The summed E-state index contributed by atoms with van der Waals surface area (Å²) in [5.41, 5.74) is 4.12. The molecule has 0 saturated carbocycles. The van der Waals surface area contributed by atoms with Gasteiger partial charge in [0.05, 0.1) is 10.8 Å². The highest BCUT2D eigenvalue weighted by atomic mass is 79.9. The van der Waals surface area contributed by atoms with E-state index in [2.05, 4.69) is 21.7 Å². The molecule has 0 aromatic carbocycles. The van der Waals surface area contributed by atoms with E-state index >= 15 is 0 Å². The van der Waals surface area contributed by atoms with Crippen molar-refractivity contribution in [2.45, 2.75) is 17.3 Å². The number of carboxylic acids is 1. The molecule has 1 aliphatic carbocycles. The van der Waals surface area contributed by atoms with Crippen molar-refractivity contribution in [3.8, 4) is 0 Å². The number of carboxylic acid groups (broad SMARTS) is 1. The Kier molecular flexibility index (Phi) is 2.11. The fourth-order valence-corrected chi connectivity index (χ4v) is 1.45. The lowest BCUT2D eigenvalue weighted by Crippen LogP contribution is -2.63. The molecule has 4 heteroatoms. The molecule has 2 atom stereocenters. The Labute approximate surface area is 67.0 Å². The van der Waals surface area contributed by atoms with Gasteiger partial charge in [0.2, 0.25) is 0 Å². The molecular formula is C6H8BrNO2. The van der Waals surface area contributed by atoms with E-state index in [0.29, 0.717) is 12.0 Å². The van der Waals surface area contributed by atoms with Crippen molar-refractivity contribution >= 4 is 21.9 Å². The third-order valence-corrected chi connectivity index (χ3v) is 2.57. The van der Waals surface area contributed by atoms with Crippen molar-refractivity contribution in [1.29, 1.82) is 0 Å². The summed E-state index contributed by atoms with van der Waals surface area (Å²) in [7, 11) is 0.